The zero-order chi connectivity index (χ0) is 18.4. The first-order chi connectivity index (χ1) is 12.6. The van der Waals surface area contributed by atoms with E-state index in [1.807, 2.05) is 4.90 Å². The van der Waals surface area contributed by atoms with E-state index in [2.05, 4.69) is 42.6 Å². The molecule has 1 saturated heterocycles. The molecule has 5 nitrogen and oxygen atoms in total. The Bertz CT molecular complexity index is 770. The molecule has 0 spiro atoms. The predicted octanol–water partition coefficient (Wildman–Crippen LogP) is 3.35. The van der Waals surface area contributed by atoms with Gasteiger partial charge in [0.05, 0.1) is 11.6 Å². The second kappa shape index (κ2) is 8.39. The van der Waals surface area contributed by atoms with Gasteiger partial charge in [-0.1, -0.05) is 17.7 Å². The van der Waals surface area contributed by atoms with Crippen LogP contribution in [0.3, 0.4) is 0 Å². The number of anilines is 1. The van der Waals surface area contributed by atoms with Crippen molar-refractivity contribution in [3.05, 3.63) is 59.7 Å². The second-order valence-corrected chi connectivity index (χ2v) is 6.59. The molecule has 0 aromatic heterocycles. The van der Waals surface area contributed by atoms with Gasteiger partial charge < -0.3 is 15.0 Å². The number of piperidine rings is 1. The Balaban J connectivity index is 1.42. The number of nitriles is 1. The van der Waals surface area contributed by atoms with E-state index in [-0.39, 0.29) is 12.5 Å². The lowest BCUT2D eigenvalue weighted by atomic mass is 10.0. The summed E-state index contributed by atoms with van der Waals surface area (Å²) in [6, 6.07) is 17.6. The zero-order valence-corrected chi connectivity index (χ0v) is 14.9. The van der Waals surface area contributed by atoms with E-state index in [4.69, 9.17) is 10.00 Å². The van der Waals surface area contributed by atoms with Crippen molar-refractivity contribution in [3.8, 4) is 11.8 Å². The van der Waals surface area contributed by atoms with Crippen molar-refractivity contribution < 1.29 is 9.53 Å². The van der Waals surface area contributed by atoms with E-state index in [9.17, 15) is 4.79 Å². The minimum atomic E-state index is 0.00291. The standard InChI is InChI=1S/C21H23N3O2/c1-16-2-6-18(7-3-16)23-19-10-12-24(13-11-19)21(25)15-26-20-8-4-17(14-22)5-9-20/h2-9,19,23H,10-13,15H2,1H3. The molecule has 134 valence electrons. The van der Waals surface area contributed by atoms with Crippen LogP contribution in [0.15, 0.2) is 48.5 Å². The molecule has 0 bridgehead atoms. The number of amides is 1. The average Bonchev–Trinajstić information content (AvgIpc) is 2.69. The molecule has 1 aliphatic heterocycles. The Morgan fingerprint density at radius 3 is 2.42 bits per heavy atom. The summed E-state index contributed by atoms with van der Waals surface area (Å²) in [5.41, 5.74) is 2.95. The summed E-state index contributed by atoms with van der Waals surface area (Å²) in [7, 11) is 0. The van der Waals surface area contributed by atoms with Crippen LogP contribution in [0.25, 0.3) is 0 Å². The Morgan fingerprint density at radius 2 is 1.81 bits per heavy atom. The fourth-order valence-electron chi connectivity index (χ4n) is 3.02. The highest BCUT2D eigenvalue weighted by atomic mass is 16.5. The number of benzene rings is 2. The van der Waals surface area contributed by atoms with Gasteiger partial charge >= 0.3 is 0 Å². The molecule has 5 heteroatoms. The number of nitrogens with one attached hydrogen (secondary N) is 1. The SMILES string of the molecule is Cc1ccc(NC2CCN(C(=O)COc3ccc(C#N)cc3)CC2)cc1. The van der Waals surface area contributed by atoms with Gasteiger partial charge in [-0.2, -0.15) is 5.26 Å². The van der Waals surface area contributed by atoms with Gasteiger partial charge in [0.25, 0.3) is 5.91 Å². The highest BCUT2D eigenvalue weighted by molar-refractivity contribution is 5.77. The van der Waals surface area contributed by atoms with E-state index in [1.165, 1.54) is 5.56 Å². The fraction of sp³-hybridized carbons (Fsp3) is 0.333. The normalized spacial score (nSPS) is 14.5. The molecule has 0 radical (unpaired) electrons. The van der Waals surface area contributed by atoms with Gasteiger partial charge in [-0.15, -0.1) is 0 Å². The number of ether oxygens (including phenoxy) is 1. The number of hydrogen-bond acceptors (Lipinski definition) is 4. The lowest BCUT2D eigenvalue weighted by Gasteiger charge is -2.32. The van der Waals surface area contributed by atoms with E-state index >= 15 is 0 Å². The minimum Gasteiger partial charge on any atom is -0.484 e. The van der Waals surface area contributed by atoms with Crippen molar-refractivity contribution >= 4 is 11.6 Å². The largest absolute Gasteiger partial charge is 0.484 e. The van der Waals surface area contributed by atoms with E-state index in [1.54, 1.807) is 24.3 Å². The molecule has 1 fully saturated rings. The van der Waals surface area contributed by atoms with Gasteiger partial charge in [-0.3, -0.25) is 4.79 Å². The molecule has 0 atom stereocenters. The predicted molar refractivity (Wildman–Crippen MR) is 101 cm³/mol. The highest BCUT2D eigenvalue weighted by Gasteiger charge is 2.22. The smallest absolute Gasteiger partial charge is 0.260 e. The number of hydrogen-bond donors (Lipinski definition) is 1. The Labute approximate surface area is 154 Å². The number of rotatable bonds is 5. The first-order valence-corrected chi connectivity index (χ1v) is 8.88. The van der Waals surface area contributed by atoms with Crippen LogP contribution in [0.4, 0.5) is 5.69 Å². The second-order valence-electron chi connectivity index (χ2n) is 6.59. The van der Waals surface area contributed by atoms with Crippen molar-refractivity contribution in [1.82, 2.24) is 4.90 Å². The molecule has 3 rings (SSSR count). The number of aryl methyl sites for hydroxylation is 1. The maximum atomic E-state index is 12.3. The average molecular weight is 349 g/mol. The quantitative estimate of drug-likeness (QED) is 0.899. The zero-order valence-electron chi connectivity index (χ0n) is 14.9. The summed E-state index contributed by atoms with van der Waals surface area (Å²) in [5.74, 6) is 0.608. The van der Waals surface area contributed by atoms with Gasteiger partial charge in [0.15, 0.2) is 6.61 Å². The first-order valence-electron chi connectivity index (χ1n) is 8.88. The third-order valence-electron chi connectivity index (χ3n) is 4.62. The number of carbonyl (C=O) groups excluding carboxylic acids is 1. The van der Waals surface area contributed by atoms with Crippen LogP contribution in [-0.2, 0) is 4.79 Å². The summed E-state index contributed by atoms with van der Waals surface area (Å²) in [4.78, 5) is 14.2. The summed E-state index contributed by atoms with van der Waals surface area (Å²) in [5, 5.41) is 12.3. The molecule has 1 heterocycles. The molecule has 0 aliphatic carbocycles. The van der Waals surface area contributed by atoms with Gasteiger partial charge in [-0.05, 0) is 56.2 Å². The number of nitrogens with zero attached hydrogens (tertiary/aromatic N) is 2. The van der Waals surface area contributed by atoms with E-state index < -0.39 is 0 Å². The number of likely N-dealkylation sites (tertiary alicyclic amines) is 1. The molecular weight excluding hydrogens is 326 g/mol. The summed E-state index contributed by atoms with van der Waals surface area (Å²) in [6.07, 6.45) is 1.85. The molecule has 1 aliphatic rings. The fourth-order valence-corrected chi connectivity index (χ4v) is 3.02. The molecule has 2 aromatic carbocycles. The Morgan fingerprint density at radius 1 is 1.15 bits per heavy atom. The summed E-state index contributed by atoms with van der Waals surface area (Å²) < 4.78 is 5.54. The molecule has 26 heavy (non-hydrogen) atoms. The topological polar surface area (TPSA) is 65.4 Å². The molecule has 0 saturated carbocycles. The van der Waals surface area contributed by atoms with Crippen LogP contribution in [0.2, 0.25) is 0 Å². The third kappa shape index (κ3) is 4.76. The first kappa shape index (κ1) is 17.8. The Hall–Kier alpha value is -3.00. The van der Waals surface area contributed by atoms with Crippen LogP contribution in [0, 0.1) is 18.3 Å². The van der Waals surface area contributed by atoms with Crippen molar-refractivity contribution in [2.24, 2.45) is 0 Å². The Kier molecular flexibility index (Phi) is 5.75. The van der Waals surface area contributed by atoms with Gasteiger partial charge in [0.2, 0.25) is 0 Å². The van der Waals surface area contributed by atoms with Crippen LogP contribution in [0.1, 0.15) is 24.0 Å². The summed E-state index contributed by atoms with van der Waals surface area (Å²) >= 11 is 0. The molecular formula is C21H23N3O2. The van der Waals surface area contributed by atoms with Crippen molar-refractivity contribution in [1.29, 1.82) is 5.26 Å². The molecule has 0 unspecified atom stereocenters. The summed E-state index contributed by atoms with van der Waals surface area (Å²) in [6.45, 7) is 3.58. The van der Waals surface area contributed by atoms with Crippen LogP contribution in [0.5, 0.6) is 5.75 Å². The van der Waals surface area contributed by atoms with Crippen molar-refractivity contribution in [2.75, 3.05) is 25.0 Å². The molecule has 1 amide bonds. The lowest BCUT2D eigenvalue weighted by molar-refractivity contribution is -0.134. The third-order valence-corrected chi connectivity index (χ3v) is 4.62. The monoisotopic (exact) mass is 349 g/mol. The van der Waals surface area contributed by atoms with Gasteiger partial charge in [-0.25, -0.2) is 0 Å². The van der Waals surface area contributed by atoms with Crippen LogP contribution < -0.4 is 10.1 Å². The van der Waals surface area contributed by atoms with E-state index in [0.29, 0.717) is 17.4 Å². The minimum absolute atomic E-state index is 0.00291. The van der Waals surface area contributed by atoms with Crippen LogP contribution >= 0.6 is 0 Å². The van der Waals surface area contributed by atoms with Gasteiger partial charge in [0.1, 0.15) is 5.75 Å². The molecule has 1 N–H and O–H groups in total. The lowest BCUT2D eigenvalue weighted by Crippen LogP contribution is -2.44. The highest BCUT2D eigenvalue weighted by Crippen LogP contribution is 2.18. The molecule has 2 aromatic rings. The van der Waals surface area contributed by atoms with Crippen molar-refractivity contribution in [2.45, 2.75) is 25.8 Å². The van der Waals surface area contributed by atoms with Gasteiger partial charge in [0, 0.05) is 24.8 Å². The van der Waals surface area contributed by atoms with Crippen molar-refractivity contribution in [3.63, 3.8) is 0 Å². The van der Waals surface area contributed by atoms with Crippen LogP contribution in [-0.4, -0.2) is 36.5 Å². The maximum absolute atomic E-state index is 12.3. The van der Waals surface area contributed by atoms with E-state index in [0.717, 1.165) is 31.6 Å². The maximum Gasteiger partial charge on any atom is 0.260 e. The number of carbonyl (C=O) groups is 1.